The summed E-state index contributed by atoms with van der Waals surface area (Å²) in [4.78, 5) is 12.3. The molecule has 1 N–H and O–H groups in total. The second-order valence-electron chi connectivity index (χ2n) is 4.10. The zero-order chi connectivity index (χ0) is 13.0. The minimum Gasteiger partial charge on any atom is -0.475 e. The van der Waals surface area contributed by atoms with Crippen molar-refractivity contribution >= 4 is 5.82 Å². The Morgan fingerprint density at radius 2 is 2.17 bits per heavy atom. The molecule has 18 heavy (non-hydrogen) atoms. The minimum absolute atomic E-state index is 0.0882. The van der Waals surface area contributed by atoms with Gasteiger partial charge in [-0.1, -0.05) is 0 Å². The number of hydrogen-bond donors (Lipinski definition) is 1. The molecule has 0 amide bonds. The second kappa shape index (κ2) is 5.44. The van der Waals surface area contributed by atoms with Crippen LogP contribution in [0.1, 0.15) is 19.7 Å². The molecule has 0 aliphatic carbocycles. The smallest absolute Gasteiger partial charge is 0.218 e. The first kappa shape index (κ1) is 12.3. The first-order valence-corrected chi connectivity index (χ1v) is 5.70. The van der Waals surface area contributed by atoms with Crippen molar-refractivity contribution in [3.63, 3.8) is 0 Å². The summed E-state index contributed by atoms with van der Waals surface area (Å²) in [6.07, 6.45) is 3.21. The fourth-order valence-corrected chi connectivity index (χ4v) is 1.38. The normalized spacial score (nSPS) is 10.7. The summed E-state index contributed by atoms with van der Waals surface area (Å²) in [6.45, 7) is 4.42. The Kier molecular flexibility index (Phi) is 3.71. The lowest BCUT2D eigenvalue weighted by Crippen LogP contribution is -2.08. The highest BCUT2D eigenvalue weighted by molar-refractivity contribution is 5.37. The molecule has 0 spiro atoms. The van der Waals surface area contributed by atoms with Gasteiger partial charge in [-0.25, -0.2) is 15.0 Å². The van der Waals surface area contributed by atoms with Crippen LogP contribution in [0.25, 0.3) is 0 Å². The van der Waals surface area contributed by atoms with Gasteiger partial charge in [-0.05, 0) is 13.8 Å². The molecule has 7 heteroatoms. The Hall–Kier alpha value is -2.18. The van der Waals surface area contributed by atoms with Crippen LogP contribution >= 0.6 is 0 Å². The van der Waals surface area contributed by atoms with Crippen molar-refractivity contribution in [3.8, 4) is 5.88 Å². The molecule has 0 radical (unpaired) electrons. The van der Waals surface area contributed by atoms with E-state index in [4.69, 9.17) is 4.74 Å². The van der Waals surface area contributed by atoms with Crippen molar-refractivity contribution in [3.05, 3.63) is 24.5 Å². The van der Waals surface area contributed by atoms with Crippen LogP contribution in [-0.2, 0) is 13.6 Å². The molecular weight excluding hydrogens is 232 g/mol. The van der Waals surface area contributed by atoms with Crippen LogP contribution in [0.15, 0.2) is 18.7 Å². The van der Waals surface area contributed by atoms with Crippen molar-refractivity contribution in [2.75, 3.05) is 5.32 Å². The van der Waals surface area contributed by atoms with Crippen molar-refractivity contribution in [2.45, 2.75) is 26.5 Å². The Morgan fingerprint density at radius 1 is 1.33 bits per heavy atom. The Balaban J connectivity index is 1.96. The summed E-state index contributed by atoms with van der Waals surface area (Å²) in [5, 5.41) is 7.28. The lowest BCUT2D eigenvalue weighted by molar-refractivity contribution is 0.232. The van der Waals surface area contributed by atoms with Crippen molar-refractivity contribution in [2.24, 2.45) is 7.05 Å². The van der Waals surface area contributed by atoms with Gasteiger partial charge in [-0.2, -0.15) is 5.10 Å². The minimum atomic E-state index is 0.0882. The predicted octanol–water partition coefficient (Wildman–Crippen LogP) is 1.00. The van der Waals surface area contributed by atoms with E-state index in [0.717, 1.165) is 0 Å². The van der Waals surface area contributed by atoms with Gasteiger partial charge in [0.25, 0.3) is 0 Å². The summed E-state index contributed by atoms with van der Waals surface area (Å²) < 4.78 is 7.14. The maximum Gasteiger partial charge on any atom is 0.218 e. The lowest BCUT2D eigenvalue weighted by atomic mass is 10.4. The van der Waals surface area contributed by atoms with Gasteiger partial charge in [0.15, 0.2) is 5.82 Å². The van der Waals surface area contributed by atoms with E-state index in [1.807, 2.05) is 20.9 Å². The van der Waals surface area contributed by atoms with Gasteiger partial charge in [0.05, 0.1) is 12.6 Å². The molecule has 0 aliphatic rings. The lowest BCUT2D eigenvalue weighted by Gasteiger charge is -2.09. The zero-order valence-electron chi connectivity index (χ0n) is 10.7. The molecule has 2 aromatic heterocycles. The SMILES string of the molecule is CC(C)Oc1cc(NCc2ncn(C)n2)ncn1. The molecule has 2 heterocycles. The average molecular weight is 248 g/mol. The van der Waals surface area contributed by atoms with E-state index in [0.29, 0.717) is 24.1 Å². The number of aromatic nitrogens is 5. The van der Waals surface area contributed by atoms with Gasteiger partial charge in [0.2, 0.25) is 5.88 Å². The predicted molar refractivity (Wildman–Crippen MR) is 66.1 cm³/mol. The zero-order valence-corrected chi connectivity index (χ0v) is 10.7. The van der Waals surface area contributed by atoms with E-state index >= 15 is 0 Å². The van der Waals surface area contributed by atoms with E-state index < -0.39 is 0 Å². The van der Waals surface area contributed by atoms with Crippen LogP contribution in [0.5, 0.6) is 5.88 Å². The molecule has 0 saturated heterocycles. The van der Waals surface area contributed by atoms with E-state index in [1.54, 1.807) is 17.1 Å². The Bertz CT molecular complexity index is 510. The Morgan fingerprint density at radius 3 is 2.83 bits per heavy atom. The molecule has 0 fully saturated rings. The molecule has 2 rings (SSSR count). The second-order valence-corrected chi connectivity index (χ2v) is 4.10. The number of aryl methyl sites for hydroxylation is 1. The number of hydrogen-bond acceptors (Lipinski definition) is 6. The van der Waals surface area contributed by atoms with E-state index in [2.05, 4.69) is 25.4 Å². The number of anilines is 1. The van der Waals surface area contributed by atoms with Gasteiger partial charge in [-0.3, -0.25) is 4.68 Å². The van der Waals surface area contributed by atoms with Crippen LogP contribution < -0.4 is 10.1 Å². The molecule has 7 nitrogen and oxygen atoms in total. The Labute approximate surface area is 105 Å². The third-order valence-corrected chi connectivity index (χ3v) is 2.07. The molecular formula is C11H16N6O. The quantitative estimate of drug-likeness (QED) is 0.850. The topological polar surface area (TPSA) is 77.8 Å². The number of nitrogens with one attached hydrogen (secondary N) is 1. The maximum atomic E-state index is 5.48. The molecule has 0 atom stereocenters. The average Bonchev–Trinajstić information content (AvgIpc) is 2.72. The largest absolute Gasteiger partial charge is 0.475 e. The number of rotatable bonds is 5. The fraction of sp³-hybridized carbons (Fsp3) is 0.455. The summed E-state index contributed by atoms with van der Waals surface area (Å²) >= 11 is 0. The van der Waals surface area contributed by atoms with Gasteiger partial charge in [0.1, 0.15) is 18.5 Å². The molecule has 0 unspecified atom stereocenters. The first-order chi connectivity index (χ1) is 8.63. The highest BCUT2D eigenvalue weighted by atomic mass is 16.5. The fourth-order valence-electron chi connectivity index (χ4n) is 1.38. The van der Waals surface area contributed by atoms with Crippen LogP contribution in [-0.4, -0.2) is 30.8 Å². The van der Waals surface area contributed by atoms with Crippen LogP contribution in [0.2, 0.25) is 0 Å². The highest BCUT2D eigenvalue weighted by Crippen LogP contribution is 2.12. The highest BCUT2D eigenvalue weighted by Gasteiger charge is 2.03. The number of ether oxygens (including phenoxy) is 1. The molecule has 0 aromatic carbocycles. The van der Waals surface area contributed by atoms with E-state index in [9.17, 15) is 0 Å². The first-order valence-electron chi connectivity index (χ1n) is 5.70. The summed E-state index contributed by atoms with van der Waals surface area (Å²) in [7, 11) is 1.83. The van der Waals surface area contributed by atoms with Crippen LogP contribution in [0.3, 0.4) is 0 Å². The summed E-state index contributed by atoms with van der Waals surface area (Å²) in [5.74, 6) is 1.95. The number of nitrogens with zero attached hydrogens (tertiary/aromatic N) is 5. The third-order valence-electron chi connectivity index (χ3n) is 2.07. The maximum absolute atomic E-state index is 5.48. The van der Waals surface area contributed by atoms with Gasteiger partial charge in [0, 0.05) is 13.1 Å². The van der Waals surface area contributed by atoms with Gasteiger partial charge >= 0.3 is 0 Å². The van der Waals surface area contributed by atoms with E-state index in [1.165, 1.54) is 6.33 Å². The van der Waals surface area contributed by atoms with Gasteiger partial charge in [-0.15, -0.1) is 0 Å². The molecule has 0 saturated carbocycles. The van der Waals surface area contributed by atoms with Crippen LogP contribution in [0.4, 0.5) is 5.82 Å². The van der Waals surface area contributed by atoms with E-state index in [-0.39, 0.29) is 6.10 Å². The van der Waals surface area contributed by atoms with Gasteiger partial charge < -0.3 is 10.1 Å². The monoisotopic (exact) mass is 248 g/mol. The summed E-state index contributed by atoms with van der Waals surface area (Å²) in [6, 6.07) is 1.75. The molecule has 2 aromatic rings. The molecule has 0 bridgehead atoms. The van der Waals surface area contributed by atoms with Crippen LogP contribution in [0, 0.1) is 0 Å². The standard InChI is InChI=1S/C11H16N6O/c1-8(2)18-11-4-9(13-6-14-11)12-5-10-15-7-17(3)16-10/h4,6-8H,5H2,1-3H3,(H,12,13,14). The van der Waals surface area contributed by atoms with Crippen molar-refractivity contribution in [1.82, 2.24) is 24.7 Å². The third kappa shape index (κ3) is 3.41. The molecule has 96 valence electrons. The van der Waals surface area contributed by atoms with Crippen molar-refractivity contribution in [1.29, 1.82) is 0 Å². The molecule has 0 aliphatic heterocycles. The van der Waals surface area contributed by atoms with Crippen molar-refractivity contribution < 1.29 is 4.74 Å². The summed E-state index contributed by atoms with van der Waals surface area (Å²) in [5.41, 5.74) is 0.